The molecule has 364 valence electrons. The highest BCUT2D eigenvalue weighted by Gasteiger charge is 2.48. The molecular formula is C53H60Cl2N6O7S. The monoisotopic (exact) mass is 994 g/mol. The van der Waals surface area contributed by atoms with Crippen molar-refractivity contribution in [3.8, 4) is 11.8 Å². The number of para-hydroxylation sites is 1. The Morgan fingerprint density at radius 1 is 0.913 bits per heavy atom. The average Bonchev–Trinajstić information content (AvgIpc) is 3.55. The summed E-state index contributed by atoms with van der Waals surface area (Å²) in [5.41, 5.74) is 3.80. The Bertz CT molecular complexity index is 2970. The topological polar surface area (TPSA) is 169 Å². The standard InChI is InChI=1S/C53H60Cl2N6O7S/c1-33(2)45(31-69(67,68)34(3)4)60-32-53(5,29-42(38-14-10-15-40(55)28-38)48(60)36-17-21-39(54)22-18-36)30-47(63)57-41-23-19-37(20-24-41)50(64)56-27-9-7-8-12-35-13-11-16-43-49(35)59(6)52(66)61(43)44-25-26-46(62)58-51(44)65/h10-11,13-24,28,33-34,42,44-45,48H,7,9,25-27,29-32H2,1-6H3,(H,56,64)(H,57,63)(H,58,62,65)/t42-,44?,45-,48-,53-/m1/s1. The van der Waals surface area contributed by atoms with Crippen LogP contribution in [0.25, 0.3) is 11.0 Å². The maximum Gasteiger partial charge on any atom is 0.329 e. The molecule has 5 atom stereocenters. The van der Waals surface area contributed by atoms with E-state index in [4.69, 9.17) is 23.2 Å². The first-order chi connectivity index (χ1) is 32.7. The summed E-state index contributed by atoms with van der Waals surface area (Å²) in [5.74, 6) is 4.74. The molecule has 5 aromatic rings. The maximum atomic E-state index is 14.0. The number of hydrogen-bond acceptors (Lipinski definition) is 8. The molecule has 3 heterocycles. The smallest absolute Gasteiger partial charge is 0.329 e. The van der Waals surface area contributed by atoms with Crippen molar-refractivity contribution in [2.75, 3.05) is 24.2 Å². The Morgan fingerprint density at radius 2 is 1.62 bits per heavy atom. The first kappa shape index (κ1) is 51.1. The maximum absolute atomic E-state index is 14.0. The summed E-state index contributed by atoms with van der Waals surface area (Å²) >= 11 is 13.0. The number of anilines is 1. The molecule has 3 N–H and O–H groups in total. The summed E-state index contributed by atoms with van der Waals surface area (Å²) in [7, 11) is -1.83. The fourth-order valence-corrected chi connectivity index (χ4v) is 11.6. The number of unbranched alkanes of at least 4 members (excludes halogenated alkanes) is 1. The van der Waals surface area contributed by atoms with Crippen molar-refractivity contribution in [2.45, 2.75) is 102 Å². The SMILES string of the molecule is CC(C)[C@@H](CS(=O)(=O)C(C)C)N1C[C@@](C)(CC(=O)Nc2ccc(C(=O)NCCCC#Cc3cccc4c3n(C)c(=O)n4C3CCC(=O)NC3=O)cc2)C[C@H](c2cccc(Cl)c2)[C@H]1c1ccc(Cl)cc1. The highest BCUT2D eigenvalue weighted by molar-refractivity contribution is 7.92. The molecule has 7 rings (SSSR count). The second-order valence-corrected chi connectivity index (χ2v) is 22.8. The number of carbonyl (C=O) groups excluding carboxylic acids is 4. The van der Waals surface area contributed by atoms with E-state index < -0.39 is 32.5 Å². The van der Waals surface area contributed by atoms with E-state index >= 15 is 0 Å². The second-order valence-electron chi connectivity index (χ2n) is 19.3. The molecule has 69 heavy (non-hydrogen) atoms. The number of aromatic nitrogens is 2. The van der Waals surface area contributed by atoms with E-state index in [-0.39, 0.29) is 72.3 Å². The van der Waals surface area contributed by atoms with Crippen LogP contribution >= 0.6 is 23.2 Å². The van der Waals surface area contributed by atoms with E-state index in [1.165, 1.54) is 9.13 Å². The largest absolute Gasteiger partial charge is 0.352 e. The Balaban J connectivity index is 1.00. The molecular weight excluding hydrogens is 936 g/mol. The van der Waals surface area contributed by atoms with Gasteiger partial charge in [0.1, 0.15) is 6.04 Å². The van der Waals surface area contributed by atoms with Gasteiger partial charge in [-0.05, 0) is 116 Å². The van der Waals surface area contributed by atoms with Crippen LogP contribution in [0.1, 0.15) is 118 Å². The van der Waals surface area contributed by atoms with Gasteiger partial charge in [-0.25, -0.2) is 13.2 Å². The molecule has 2 aliphatic rings. The third-order valence-corrected chi connectivity index (χ3v) is 16.2. The van der Waals surface area contributed by atoms with Crippen LogP contribution in [0.15, 0.2) is 95.8 Å². The van der Waals surface area contributed by atoms with Crippen molar-refractivity contribution in [3.05, 3.63) is 134 Å². The number of halogens is 2. The Labute approximate surface area is 414 Å². The van der Waals surface area contributed by atoms with Gasteiger partial charge in [0.2, 0.25) is 17.7 Å². The first-order valence-corrected chi connectivity index (χ1v) is 25.9. The fourth-order valence-electron chi connectivity index (χ4n) is 9.86. The van der Waals surface area contributed by atoms with Gasteiger partial charge in [0.15, 0.2) is 9.84 Å². The number of hydrogen-bond donors (Lipinski definition) is 3. The number of sulfone groups is 1. The minimum absolute atomic E-state index is 0.0289. The molecule has 4 aromatic carbocycles. The number of piperidine rings is 2. The number of amides is 4. The third kappa shape index (κ3) is 11.8. The van der Waals surface area contributed by atoms with Crippen LogP contribution in [0, 0.1) is 23.2 Å². The number of nitrogens with one attached hydrogen (secondary N) is 3. The lowest BCUT2D eigenvalue weighted by Crippen LogP contribution is -2.55. The number of imide groups is 1. The molecule has 13 nitrogen and oxygen atoms in total. The molecule has 0 radical (unpaired) electrons. The normalized spacial score (nSPS) is 20.3. The summed E-state index contributed by atoms with van der Waals surface area (Å²) in [6.07, 6.45) is 2.20. The van der Waals surface area contributed by atoms with Crippen LogP contribution < -0.4 is 21.6 Å². The highest BCUT2D eigenvalue weighted by atomic mass is 35.5. The van der Waals surface area contributed by atoms with Crippen molar-refractivity contribution in [2.24, 2.45) is 18.4 Å². The number of benzene rings is 4. The van der Waals surface area contributed by atoms with Gasteiger partial charge in [-0.3, -0.25) is 38.5 Å². The molecule has 2 aliphatic heterocycles. The molecule has 0 saturated carbocycles. The molecule has 1 unspecified atom stereocenters. The van der Waals surface area contributed by atoms with Crippen LogP contribution in [0.4, 0.5) is 5.69 Å². The average molecular weight is 996 g/mol. The molecule has 1 aromatic heterocycles. The van der Waals surface area contributed by atoms with Crippen LogP contribution in [-0.4, -0.2) is 76.2 Å². The van der Waals surface area contributed by atoms with Gasteiger partial charge in [-0.2, -0.15) is 0 Å². The Morgan fingerprint density at radius 3 is 2.29 bits per heavy atom. The van der Waals surface area contributed by atoms with Gasteiger partial charge in [0, 0.05) is 78.7 Å². The van der Waals surface area contributed by atoms with Crippen LogP contribution in [0.2, 0.25) is 10.0 Å². The number of nitrogens with zero attached hydrogens (tertiary/aromatic N) is 3. The predicted molar refractivity (Wildman–Crippen MR) is 272 cm³/mol. The van der Waals surface area contributed by atoms with E-state index in [1.807, 2.05) is 54.6 Å². The minimum atomic E-state index is -3.46. The number of rotatable bonds is 15. The number of carbonyl (C=O) groups is 4. The van der Waals surface area contributed by atoms with Crippen molar-refractivity contribution in [1.29, 1.82) is 0 Å². The molecule has 0 bridgehead atoms. The van der Waals surface area contributed by atoms with Crippen molar-refractivity contribution < 1.29 is 27.6 Å². The van der Waals surface area contributed by atoms with Gasteiger partial charge in [-0.15, -0.1) is 0 Å². The zero-order chi connectivity index (χ0) is 49.8. The first-order valence-electron chi connectivity index (χ1n) is 23.4. The summed E-state index contributed by atoms with van der Waals surface area (Å²) in [6, 6.07) is 26.2. The third-order valence-electron chi connectivity index (χ3n) is 13.5. The Kier molecular flexibility index (Phi) is 15.9. The summed E-state index contributed by atoms with van der Waals surface area (Å²) in [4.78, 5) is 67.1. The lowest BCUT2D eigenvalue weighted by molar-refractivity contribution is -0.135. The minimum Gasteiger partial charge on any atom is -0.352 e. The van der Waals surface area contributed by atoms with Gasteiger partial charge in [0.25, 0.3) is 5.91 Å². The number of likely N-dealkylation sites (tertiary alicyclic amines) is 1. The van der Waals surface area contributed by atoms with E-state index in [9.17, 15) is 32.4 Å². The summed E-state index contributed by atoms with van der Waals surface area (Å²) in [5, 5.41) is 8.94. The van der Waals surface area contributed by atoms with E-state index in [0.717, 1.165) is 11.1 Å². The molecule has 2 fully saturated rings. The van der Waals surface area contributed by atoms with E-state index in [2.05, 4.69) is 53.5 Å². The number of aryl methyl sites for hydroxylation is 1. The van der Waals surface area contributed by atoms with Crippen LogP contribution in [0.3, 0.4) is 0 Å². The number of imidazole rings is 1. The number of fused-ring (bicyclic) bond motifs is 1. The van der Waals surface area contributed by atoms with Gasteiger partial charge >= 0.3 is 5.69 Å². The van der Waals surface area contributed by atoms with E-state index in [0.29, 0.717) is 70.2 Å². The molecule has 0 aliphatic carbocycles. The summed E-state index contributed by atoms with van der Waals surface area (Å²) in [6.45, 7) is 10.5. The lowest BCUT2D eigenvalue weighted by Gasteiger charge is -2.53. The van der Waals surface area contributed by atoms with Gasteiger partial charge < -0.3 is 10.6 Å². The van der Waals surface area contributed by atoms with Gasteiger partial charge in [-0.1, -0.05) is 86.1 Å². The predicted octanol–water partition coefficient (Wildman–Crippen LogP) is 8.60. The van der Waals surface area contributed by atoms with Crippen LogP contribution in [-0.2, 0) is 31.3 Å². The summed E-state index contributed by atoms with van der Waals surface area (Å²) < 4.78 is 30.2. The molecule has 2 saturated heterocycles. The zero-order valence-corrected chi connectivity index (χ0v) is 42.2. The van der Waals surface area contributed by atoms with E-state index in [1.54, 1.807) is 57.3 Å². The fraction of sp³-hybridized carbons (Fsp3) is 0.415. The lowest BCUT2D eigenvalue weighted by atomic mass is 9.67. The highest BCUT2D eigenvalue weighted by Crippen LogP contribution is 2.52. The zero-order valence-electron chi connectivity index (χ0n) is 39.9. The molecule has 0 spiro atoms. The quantitative estimate of drug-likeness (QED) is 0.0533. The Hall–Kier alpha value is -5.72. The molecule has 4 amide bonds. The second kappa shape index (κ2) is 21.5. The van der Waals surface area contributed by atoms with Crippen LogP contribution in [0.5, 0.6) is 0 Å². The van der Waals surface area contributed by atoms with Crippen molar-refractivity contribution >= 4 is 73.4 Å². The van der Waals surface area contributed by atoms with Crippen molar-refractivity contribution in [1.82, 2.24) is 24.7 Å². The molecule has 16 heteroatoms. The van der Waals surface area contributed by atoms with Gasteiger partial charge in [0.05, 0.1) is 27.6 Å². The van der Waals surface area contributed by atoms with Crippen molar-refractivity contribution in [3.63, 3.8) is 0 Å².